The standard InChI is InChI=1S/C30H38N4O2/c1-5-6-7-9-24-12-14-26(15-13-24)30(35)34-18-16-33(17-19-34)29-28(22(2)31-23(3)32-29)21-25-10-8-11-27(20-25)36-4/h8,10-15,20H,5-7,9,16-19,21H2,1-4H3. The zero-order chi connectivity index (χ0) is 25.5. The van der Waals surface area contributed by atoms with Gasteiger partial charge in [0.1, 0.15) is 17.4 Å². The predicted molar refractivity (Wildman–Crippen MR) is 145 cm³/mol. The van der Waals surface area contributed by atoms with Gasteiger partial charge in [0.15, 0.2) is 0 Å². The van der Waals surface area contributed by atoms with Crippen LogP contribution in [0, 0.1) is 13.8 Å². The van der Waals surface area contributed by atoms with Crippen LogP contribution in [0.4, 0.5) is 5.82 Å². The fourth-order valence-corrected chi connectivity index (χ4v) is 4.87. The second-order valence-corrected chi connectivity index (χ2v) is 9.62. The molecule has 1 saturated heterocycles. The number of hydrogen-bond acceptors (Lipinski definition) is 5. The molecule has 0 spiro atoms. The molecular formula is C30H38N4O2. The fourth-order valence-electron chi connectivity index (χ4n) is 4.87. The molecule has 190 valence electrons. The van der Waals surface area contributed by atoms with Gasteiger partial charge in [-0.05, 0) is 62.1 Å². The van der Waals surface area contributed by atoms with Crippen LogP contribution in [0.5, 0.6) is 5.75 Å². The van der Waals surface area contributed by atoms with E-state index >= 15 is 0 Å². The van der Waals surface area contributed by atoms with Gasteiger partial charge in [0, 0.05) is 49.4 Å². The van der Waals surface area contributed by atoms with Crippen molar-refractivity contribution in [3.63, 3.8) is 0 Å². The highest BCUT2D eigenvalue weighted by Gasteiger charge is 2.25. The average Bonchev–Trinajstić information content (AvgIpc) is 2.90. The Balaban J connectivity index is 1.44. The number of carbonyl (C=O) groups is 1. The number of amides is 1. The first-order chi connectivity index (χ1) is 17.5. The highest BCUT2D eigenvalue weighted by molar-refractivity contribution is 5.94. The lowest BCUT2D eigenvalue weighted by Gasteiger charge is -2.36. The van der Waals surface area contributed by atoms with E-state index in [1.807, 2.05) is 36.1 Å². The first-order valence-electron chi connectivity index (χ1n) is 13.1. The lowest BCUT2D eigenvalue weighted by molar-refractivity contribution is 0.0746. The molecule has 0 bridgehead atoms. The molecule has 0 saturated carbocycles. The van der Waals surface area contributed by atoms with Gasteiger partial charge >= 0.3 is 0 Å². The Labute approximate surface area is 215 Å². The number of benzene rings is 2. The number of aryl methyl sites for hydroxylation is 3. The first kappa shape index (κ1) is 25.7. The molecule has 2 aromatic carbocycles. The summed E-state index contributed by atoms with van der Waals surface area (Å²) >= 11 is 0. The molecular weight excluding hydrogens is 448 g/mol. The van der Waals surface area contributed by atoms with Crippen LogP contribution in [0.3, 0.4) is 0 Å². The van der Waals surface area contributed by atoms with Crippen molar-refractivity contribution in [2.75, 3.05) is 38.2 Å². The van der Waals surface area contributed by atoms with Gasteiger partial charge in [-0.3, -0.25) is 4.79 Å². The van der Waals surface area contributed by atoms with E-state index in [0.29, 0.717) is 13.1 Å². The molecule has 1 amide bonds. The summed E-state index contributed by atoms with van der Waals surface area (Å²) in [6.45, 7) is 9.08. The lowest BCUT2D eigenvalue weighted by Crippen LogP contribution is -2.49. The van der Waals surface area contributed by atoms with E-state index in [1.165, 1.54) is 24.8 Å². The molecule has 6 heteroatoms. The Hall–Kier alpha value is -3.41. The molecule has 1 aliphatic rings. The van der Waals surface area contributed by atoms with Crippen molar-refractivity contribution in [1.29, 1.82) is 0 Å². The van der Waals surface area contributed by atoms with E-state index in [4.69, 9.17) is 9.72 Å². The van der Waals surface area contributed by atoms with Crippen molar-refractivity contribution >= 4 is 11.7 Å². The summed E-state index contributed by atoms with van der Waals surface area (Å²) in [6, 6.07) is 16.3. The van der Waals surface area contributed by atoms with E-state index in [-0.39, 0.29) is 5.91 Å². The maximum atomic E-state index is 13.2. The lowest BCUT2D eigenvalue weighted by atomic mass is 10.0. The second kappa shape index (κ2) is 12.0. The Morgan fingerprint density at radius 1 is 0.944 bits per heavy atom. The molecule has 0 aliphatic carbocycles. The predicted octanol–water partition coefficient (Wildman–Crippen LogP) is 5.39. The molecule has 0 radical (unpaired) electrons. The first-order valence-corrected chi connectivity index (χ1v) is 13.1. The summed E-state index contributed by atoms with van der Waals surface area (Å²) in [6.07, 6.45) is 5.49. The topological polar surface area (TPSA) is 58.6 Å². The van der Waals surface area contributed by atoms with Crippen LogP contribution in [0.25, 0.3) is 0 Å². The van der Waals surface area contributed by atoms with Gasteiger partial charge in [-0.15, -0.1) is 0 Å². The molecule has 0 unspecified atom stereocenters. The average molecular weight is 487 g/mol. The van der Waals surface area contributed by atoms with Crippen LogP contribution >= 0.6 is 0 Å². The van der Waals surface area contributed by atoms with Crippen LogP contribution in [-0.2, 0) is 12.8 Å². The molecule has 1 fully saturated rings. The van der Waals surface area contributed by atoms with Gasteiger partial charge in [-0.25, -0.2) is 9.97 Å². The molecule has 4 rings (SSSR count). The summed E-state index contributed by atoms with van der Waals surface area (Å²) in [4.78, 5) is 26.9. The minimum Gasteiger partial charge on any atom is -0.497 e. The third kappa shape index (κ3) is 6.23. The number of piperazine rings is 1. The Morgan fingerprint density at radius 2 is 1.69 bits per heavy atom. The Morgan fingerprint density at radius 3 is 2.39 bits per heavy atom. The SMILES string of the molecule is CCCCCc1ccc(C(=O)N2CCN(c3nc(C)nc(C)c3Cc3cccc(OC)c3)CC2)cc1. The molecule has 1 aromatic heterocycles. The van der Waals surface area contributed by atoms with Crippen molar-refractivity contribution in [1.82, 2.24) is 14.9 Å². The van der Waals surface area contributed by atoms with Crippen molar-refractivity contribution < 1.29 is 9.53 Å². The van der Waals surface area contributed by atoms with E-state index in [0.717, 1.165) is 65.7 Å². The normalized spacial score (nSPS) is 13.7. The highest BCUT2D eigenvalue weighted by Crippen LogP contribution is 2.26. The summed E-state index contributed by atoms with van der Waals surface area (Å²) in [5, 5.41) is 0. The van der Waals surface area contributed by atoms with Crippen molar-refractivity contribution in [2.24, 2.45) is 0 Å². The minimum atomic E-state index is 0.112. The number of unbranched alkanes of at least 4 members (excludes halogenated alkanes) is 2. The molecule has 6 nitrogen and oxygen atoms in total. The molecule has 3 aromatic rings. The number of rotatable bonds is 9. The minimum absolute atomic E-state index is 0.112. The van der Waals surface area contributed by atoms with Crippen molar-refractivity contribution in [3.8, 4) is 5.75 Å². The number of nitrogens with zero attached hydrogens (tertiary/aromatic N) is 4. The van der Waals surface area contributed by atoms with Crippen LogP contribution in [0.2, 0.25) is 0 Å². The summed E-state index contributed by atoms with van der Waals surface area (Å²) < 4.78 is 5.41. The number of aromatic nitrogens is 2. The number of carbonyl (C=O) groups excluding carboxylic acids is 1. The fraction of sp³-hybridized carbons (Fsp3) is 0.433. The Bertz CT molecular complexity index is 1170. The van der Waals surface area contributed by atoms with E-state index in [2.05, 4.69) is 48.0 Å². The molecule has 1 aliphatic heterocycles. The van der Waals surface area contributed by atoms with Crippen LogP contribution in [0.15, 0.2) is 48.5 Å². The number of ether oxygens (including phenoxy) is 1. The molecule has 0 atom stereocenters. The van der Waals surface area contributed by atoms with Gasteiger partial charge in [0.25, 0.3) is 5.91 Å². The van der Waals surface area contributed by atoms with Crippen molar-refractivity contribution in [2.45, 2.75) is 52.9 Å². The van der Waals surface area contributed by atoms with E-state index in [1.54, 1.807) is 7.11 Å². The van der Waals surface area contributed by atoms with Crippen LogP contribution in [-0.4, -0.2) is 54.1 Å². The monoisotopic (exact) mass is 486 g/mol. The summed E-state index contributed by atoms with van der Waals surface area (Å²) in [5.74, 6) is 2.71. The van der Waals surface area contributed by atoms with Gasteiger partial charge < -0.3 is 14.5 Å². The molecule has 36 heavy (non-hydrogen) atoms. The molecule has 2 heterocycles. The van der Waals surface area contributed by atoms with E-state index in [9.17, 15) is 4.79 Å². The Kier molecular flexibility index (Phi) is 8.57. The van der Waals surface area contributed by atoms with Gasteiger partial charge in [0.2, 0.25) is 0 Å². The third-order valence-electron chi connectivity index (χ3n) is 6.96. The number of anilines is 1. The highest BCUT2D eigenvalue weighted by atomic mass is 16.5. The van der Waals surface area contributed by atoms with E-state index < -0.39 is 0 Å². The van der Waals surface area contributed by atoms with Crippen molar-refractivity contribution in [3.05, 3.63) is 82.3 Å². The quantitative estimate of drug-likeness (QED) is 0.380. The smallest absolute Gasteiger partial charge is 0.253 e. The molecule has 0 N–H and O–H groups in total. The second-order valence-electron chi connectivity index (χ2n) is 9.62. The van der Waals surface area contributed by atoms with Gasteiger partial charge in [-0.2, -0.15) is 0 Å². The summed E-state index contributed by atoms with van der Waals surface area (Å²) in [7, 11) is 1.69. The largest absolute Gasteiger partial charge is 0.497 e. The number of hydrogen-bond donors (Lipinski definition) is 0. The zero-order valence-corrected chi connectivity index (χ0v) is 22.1. The number of methoxy groups -OCH3 is 1. The van der Waals surface area contributed by atoms with Gasteiger partial charge in [0.05, 0.1) is 7.11 Å². The maximum absolute atomic E-state index is 13.2. The maximum Gasteiger partial charge on any atom is 0.253 e. The van der Waals surface area contributed by atoms with Crippen LogP contribution < -0.4 is 9.64 Å². The van der Waals surface area contributed by atoms with Gasteiger partial charge in [-0.1, -0.05) is 44.0 Å². The van der Waals surface area contributed by atoms with Crippen LogP contribution in [0.1, 0.15) is 64.8 Å². The zero-order valence-electron chi connectivity index (χ0n) is 22.1. The summed E-state index contributed by atoms with van der Waals surface area (Å²) in [5.41, 5.74) is 5.38. The third-order valence-corrected chi connectivity index (χ3v) is 6.96.